The summed E-state index contributed by atoms with van der Waals surface area (Å²) in [6, 6.07) is -0.207. The molecular weight excluding hydrogens is 348 g/mol. The van der Waals surface area contributed by atoms with Crippen molar-refractivity contribution < 1.29 is 14.3 Å². The Morgan fingerprint density at radius 1 is 1.30 bits per heavy atom. The monoisotopic (exact) mass is 378 g/mol. The lowest BCUT2D eigenvalue weighted by Gasteiger charge is -2.34. The number of carbonyl (C=O) groups excluding carboxylic acids is 2. The van der Waals surface area contributed by atoms with E-state index >= 15 is 0 Å². The maximum atomic E-state index is 12.3. The molecular formula is C18H30N6O3. The Bertz CT molecular complexity index is 689. The normalized spacial score (nSPS) is 21.6. The second-order valence-corrected chi connectivity index (χ2v) is 7.88. The van der Waals surface area contributed by atoms with Crippen LogP contribution in [-0.4, -0.2) is 57.1 Å². The maximum absolute atomic E-state index is 12.3. The van der Waals surface area contributed by atoms with Crippen LogP contribution in [0.4, 0.5) is 4.79 Å². The number of urea groups is 1. The Kier molecular flexibility index (Phi) is 5.98. The minimum Gasteiger partial charge on any atom is -0.365 e. The maximum Gasteiger partial charge on any atom is 0.315 e. The van der Waals surface area contributed by atoms with E-state index in [4.69, 9.17) is 4.74 Å². The van der Waals surface area contributed by atoms with Crippen molar-refractivity contribution >= 4 is 11.9 Å². The first-order valence-corrected chi connectivity index (χ1v) is 9.77. The summed E-state index contributed by atoms with van der Waals surface area (Å²) >= 11 is 0. The number of ether oxygens (including phenoxy) is 1. The Hall–Kier alpha value is -2.16. The molecule has 0 bridgehead atoms. The molecule has 150 valence electrons. The molecule has 0 radical (unpaired) electrons. The van der Waals surface area contributed by atoms with Crippen LogP contribution in [-0.2, 0) is 29.2 Å². The molecule has 27 heavy (non-hydrogen) atoms. The number of hydrogen-bond acceptors (Lipinski definition) is 5. The first-order valence-electron chi connectivity index (χ1n) is 9.77. The lowest BCUT2D eigenvalue weighted by molar-refractivity contribution is -0.134. The van der Waals surface area contributed by atoms with E-state index in [1.165, 1.54) is 0 Å². The highest BCUT2D eigenvalue weighted by atomic mass is 16.5. The third-order valence-corrected chi connectivity index (χ3v) is 5.07. The van der Waals surface area contributed by atoms with Crippen LogP contribution < -0.4 is 10.6 Å². The molecule has 3 rings (SSSR count). The van der Waals surface area contributed by atoms with Gasteiger partial charge in [0.25, 0.3) is 0 Å². The number of amides is 3. The molecule has 0 aromatic carbocycles. The largest absolute Gasteiger partial charge is 0.365 e. The standard InChI is InChI=1S/C18H30N6O3/c1-4-6-19-17(26)20-9-14-15-10-27-18(12-24(15)22-21-14)5-7-23(11-18)16(25)8-13(2)3/h13H,4-12H2,1-3H3,(H2,19,20,26). The quantitative estimate of drug-likeness (QED) is 0.770. The fourth-order valence-corrected chi connectivity index (χ4v) is 3.58. The van der Waals surface area contributed by atoms with Crippen LogP contribution in [0.1, 0.15) is 51.4 Å². The molecule has 3 amide bonds. The van der Waals surface area contributed by atoms with Gasteiger partial charge >= 0.3 is 6.03 Å². The van der Waals surface area contributed by atoms with E-state index < -0.39 is 0 Å². The van der Waals surface area contributed by atoms with Gasteiger partial charge in [-0.2, -0.15) is 0 Å². The predicted molar refractivity (Wildman–Crippen MR) is 98.7 cm³/mol. The first kappa shape index (κ1) is 19.6. The highest BCUT2D eigenvalue weighted by Crippen LogP contribution is 2.33. The molecule has 0 aliphatic carbocycles. The van der Waals surface area contributed by atoms with Gasteiger partial charge in [-0.3, -0.25) is 4.79 Å². The number of hydrogen-bond donors (Lipinski definition) is 2. The summed E-state index contributed by atoms with van der Waals surface area (Å²) in [4.78, 5) is 25.9. The van der Waals surface area contributed by atoms with E-state index in [0.717, 1.165) is 30.8 Å². The Morgan fingerprint density at radius 2 is 2.11 bits per heavy atom. The number of likely N-dealkylation sites (tertiary alicyclic amines) is 1. The fraction of sp³-hybridized carbons (Fsp3) is 0.778. The third kappa shape index (κ3) is 4.58. The molecule has 1 fully saturated rings. The van der Waals surface area contributed by atoms with Gasteiger partial charge in [0.05, 0.1) is 31.9 Å². The number of fused-ring (bicyclic) bond motifs is 1. The smallest absolute Gasteiger partial charge is 0.315 e. The minimum absolute atomic E-state index is 0.192. The molecule has 1 unspecified atom stereocenters. The van der Waals surface area contributed by atoms with Crippen molar-refractivity contribution in [2.24, 2.45) is 5.92 Å². The zero-order valence-electron chi connectivity index (χ0n) is 16.5. The van der Waals surface area contributed by atoms with Crippen molar-refractivity contribution in [3.63, 3.8) is 0 Å². The zero-order chi connectivity index (χ0) is 19.4. The van der Waals surface area contributed by atoms with Crippen LogP contribution in [0.25, 0.3) is 0 Å². The highest BCUT2D eigenvalue weighted by molar-refractivity contribution is 5.76. The zero-order valence-corrected chi connectivity index (χ0v) is 16.5. The van der Waals surface area contributed by atoms with Crippen LogP contribution in [0, 0.1) is 5.92 Å². The second-order valence-electron chi connectivity index (χ2n) is 7.88. The molecule has 1 saturated heterocycles. The molecule has 2 aliphatic rings. The molecule has 3 heterocycles. The van der Waals surface area contributed by atoms with E-state index in [9.17, 15) is 9.59 Å². The molecule has 1 atom stereocenters. The number of aromatic nitrogens is 3. The summed E-state index contributed by atoms with van der Waals surface area (Å²) < 4.78 is 8.05. The summed E-state index contributed by atoms with van der Waals surface area (Å²) in [6.07, 6.45) is 2.27. The molecule has 2 N–H and O–H groups in total. The molecule has 1 aromatic rings. The van der Waals surface area contributed by atoms with Gasteiger partial charge in [-0.15, -0.1) is 5.10 Å². The number of rotatable bonds is 6. The Morgan fingerprint density at radius 3 is 2.85 bits per heavy atom. The summed E-state index contributed by atoms with van der Waals surface area (Å²) in [5.41, 5.74) is 1.24. The van der Waals surface area contributed by atoms with E-state index in [0.29, 0.717) is 45.1 Å². The van der Waals surface area contributed by atoms with Crippen LogP contribution >= 0.6 is 0 Å². The van der Waals surface area contributed by atoms with Gasteiger partial charge in [0.2, 0.25) is 5.91 Å². The van der Waals surface area contributed by atoms with Crippen molar-refractivity contribution in [2.75, 3.05) is 19.6 Å². The third-order valence-electron chi connectivity index (χ3n) is 5.07. The van der Waals surface area contributed by atoms with Crippen molar-refractivity contribution in [1.82, 2.24) is 30.5 Å². The summed E-state index contributed by atoms with van der Waals surface area (Å²) in [5.74, 6) is 0.547. The van der Waals surface area contributed by atoms with Crippen LogP contribution in [0.3, 0.4) is 0 Å². The lowest BCUT2D eigenvalue weighted by atomic mass is 10.0. The first-order chi connectivity index (χ1) is 12.9. The average molecular weight is 378 g/mol. The second kappa shape index (κ2) is 8.24. The van der Waals surface area contributed by atoms with Gasteiger partial charge < -0.3 is 20.3 Å². The SMILES string of the molecule is CCCNC(=O)NCc1nnn2c1COC1(CCN(C(=O)CC(C)C)C1)C2. The van der Waals surface area contributed by atoms with Crippen LogP contribution in [0.5, 0.6) is 0 Å². The van der Waals surface area contributed by atoms with E-state index in [2.05, 4.69) is 34.8 Å². The molecule has 9 heteroatoms. The van der Waals surface area contributed by atoms with Gasteiger partial charge in [0, 0.05) is 19.5 Å². The Balaban J connectivity index is 1.57. The van der Waals surface area contributed by atoms with E-state index in [1.54, 1.807) is 0 Å². The summed E-state index contributed by atoms with van der Waals surface area (Å²) in [5, 5.41) is 14.0. The van der Waals surface area contributed by atoms with Crippen molar-refractivity contribution in [3.05, 3.63) is 11.4 Å². The Labute approximate surface area is 159 Å². The number of carbonyl (C=O) groups is 2. The van der Waals surface area contributed by atoms with E-state index in [1.807, 2.05) is 16.5 Å². The molecule has 9 nitrogen and oxygen atoms in total. The molecule has 1 spiro atoms. The van der Waals surface area contributed by atoms with Crippen molar-refractivity contribution in [3.8, 4) is 0 Å². The van der Waals surface area contributed by atoms with E-state index in [-0.39, 0.29) is 17.5 Å². The predicted octanol–water partition coefficient (Wildman–Crippen LogP) is 1.03. The van der Waals surface area contributed by atoms with Gasteiger partial charge in [-0.1, -0.05) is 26.0 Å². The van der Waals surface area contributed by atoms with Gasteiger partial charge in [-0.25, -0.2) is 9.48 Å². The molecule has 1 aromatic heterocycles. The minimum atomic E-state index is -0.378. The van der Waals surface area contributed by atoms with Crippen molar-refractivity contribution in [2.45, 2.75) is 65.3 Å². The number of nitrogens with zero attached hydrogens (tertiary/aromatic N) is 4. The average Bonchev–Trinajstić information content (AvgIpc) is 3.22. The molecule has 2 aliphatic heterocycles. The van der Waals surface area contributed by atoms with Gasteiger partial charge in [0.1, 0.15) is 11.3 Å². The van der Waals surface area contributed by atoms with Crippen LogP contribution in [0.2, 0.25) is 0 Å². The highest BCUT2D eigenvalue weighted by Gasteiger charge is 2.44. The summed E-state index contributed by atoms with van der Waals surface area (Å²) in [6.45, 7) is 9.39. The lowest BCUT2D eigenvalue weighted by Crippen LogP contribution is -2.45. The number of nitrogens with one attached hydrogen (secondary N) is 2. The van der Waals surface area contributed by atoms with Gasteiger partial charge in [0.15, 0.2) is 0 Å². The fourth-order valence-electron chi connectivity index (χ4n) is 3.58. The summed E-state index contributed by atoms with van der Waals surface area (Å²) in [7, 11) is 0. The molecule has 0 saturated carbocycles. The topological polar surface area (TPSA) is 101 Å². The van der Waals surface area contributed by atoms with Gasteiger partial charge in [-0.05, 0) is 18.8 Å². The van der Waals surface area contributed by atoms with Crippen LogP contribution in [0.15, 0.2) is 0 Å². The van der Waals surface area contributed by atoms with Crippen molar-refractivity contribution in [1.29, 1.82) is 0 Å².